The number of rotatable bonds is 7. The lowest BCUT2D eigenvalue weighted by Crippen LogP contribution is -2.18. The molecule has 1 atom stereocenters. The molecule has 0 aliphatic heterocycles. The van der Waals surface area contributed by atoms with Crippen molar-refractivity contribution in [1.29, 1.82) is 0 Å². The van der Waals surface area contributed by atoms with Crippen LogP contribution in [0.3, 0.4) is 0 Å². The molecule has 1 aromatic carbocycles. The van der Waals surface area contributed by atoms with Gasteiger partial charge in [0.25, 0.3) is 0 Å². The number of imidazole rings is 1. The molecule has 1 unspecified atom stereocenters. The lowest BCUT2D eigenvalue weighted by Gasteiger charge is -2.23. The minimum atomic E-state index is -0.490. The van der Waals surface area contributed by atoms with Crippen LogP contribution in [0.5, 0.6) is 0 Å². The SMILES string of the molecule is Cc1ccc(N)c(CNc2nc(NCC(C)O)nc3c2ncn3C2CCCCC2)c1. The van der Waals surface area contributed by atoms with E-state index in [4.69, 9.17) is 10.7 Å². The number of aryl methyl sites for hydroxylation is 1. The Morgan fingerprint density at radius 3 is 2.77 bits per heavy atom. The van der Waals surface area contributed by atoms with Crippen LogP contribution in [0.15, 0.2) is 24.5 Å². The number of nitrogens with zero attached hydrogens (tertiary/aromatic N) is 4. The molecule has 4 rings (SSSR count). The first-order valence-electron chi connectivity index (χ1n) is 10.8. The first-order chi connectivity index (χ1) is 14.5. The fourth-order valence-electron chi connectivity index (χ4n) is 4.05. The van der Waals surface area contributed by atoms with Crippen LogP contribution >= 0.6 is 0 Å². The third-order valence-electron chi connectivity index (χ3n) is 5.69. The second-order valence-electron chi connectivity index (χ2n) is 8.30. The van der Waals surface area contributed by atoms with E-state index in [1.165, 1.54) is 19.3 Å². The van der Waals surface area contributed by atoms with E-state index < -0.39 is 6.10 Å². The molecule has 0 saturated heterocycles. The number of nitrogens with two attached hydrogens (primary N) is 1. The van der Waals surface area contributed by atoms with E-state index in [-0.39, 0.29) is 0 Å². The quantitative estimate of drug-likeness (QED) is 0.441. The summed E-state index contributed by atoms with van der Waals surface area (Å²) in [5.74, 6) is 1.16. The highest BCUT2D eigenvalue weighted by atomic mass is 16.3. The Bertz CT molecular complexity index is 1010. The Morgan fingerprint density at radius 1 is 1.20 bits per heavy atom. The number of nitrogens with one attached hydrogen (secondary N) is 2. The summed E-state index contributed by atoms with van der Waals surface area (Å²) in [5.41, 5.74) is 10.7. The predicted molar refractivity (Wildman–Crippen MR) is 121 cm³/mol. The van der Waals surface area contributed by atoms with Gasteiger partial charge >= 0.3 is 0 Å². The second kappa shape index (κ2) is 8.87. The average Bonchev–Trinajstić information content (AvgIpc) is 3.17. The molecule has 1 aliphatic rings. The van der Waals surface area contributed by atoms with Crippen molar-refractivity contribution in [2.24, 2.45) is 0 Å². The van der Waals surface area contributed by atoms with Gasteiger partial charge in [-0.2, -0.15) is 9.97 Å². The van der Waals surface area contributed by atoms with Gasteiger partial charge in [-0.1, -0.05) is 37.0 Å². The van der Waals surface area contributed by atoms with Crippen LogP contribution in [0.2, 0.25) is 0 Å². The summed E-state index contributed by atoms with van der Waals surface area (Å²) in [7, 11) is 0. The molecule has 0 radical (unpaired) electrons. The van der Waals surface area contributed by atoms with Gasteiger partial charge in [-0.25, -0.2) is 4.98 Å². The van der Waals surface area contributed by atoms with Crippen molar-refractivity contribution in [3.63, 3.8) is 0 Å². The summed E-state index contributed by atoms with van der Waals surface area (Å²) < 4.78 is 2.19. The van der Waals surface area contributed by atoms with Gasteiger partial charge in [0.05, 0.1) is 12.4 Å². The number of benzene rings is 1. The molecule has 1 aliphatic carbocycles. The second-order valence-corrected chi connectivity index (χ2v) is 8.30. The molecule has 1 saturated carbocycles. The summed E-state index contributed by atoms with van der Waals surface area (Å²) in [5, 5.41) is 16.2. The molecule has 2 heterocycles. The maximum atomic E-state index is 9.66. The van der Waals surface area contributed by atoms with E-state index >= 15 is 0 Å². The first-order valence-corrected chi connectivity index (χ1v) is 10.8. The molecule has 2 aromatic heterocycles. The van der Waals surface area contributed by atoms with Crippen molar-refractivity contribution in [3.8, 4) is 0 Å². The van der Waals surface area contributed by atoms with Gasteiger partial charge in [0.15, 0.2) is 17.0 Å². The molecular weight excluding hydrogens is 378 g/mol. The number of hydrogen-bond donors (Lipinski definition) is 4. The number of nitrogen functional groups attached to an aromatic ring is 1. The van der Waals surface area contributed by atoms with E-state index in [1.54, 1.807) is 6.92 Å². The molecule has 0 bridgehead atoms. The molecular formula is C22H31N7O. The van der Waals surface area contributed by atoms with Gasteiger partial charge in [0, 0.05) is 24.8 Å². The molecule has 8 heteroatoms. The van der Waals surface area contributed by atoms with E-state index in [9.17, 15) is 5.11 Å². The highest BCUT2D eigenvalue weighted by molar-refractivity contribution is 5.84. The Kier molecular flexibility index (Phi) is 6.03. The Morgan fingerprint density at radius 2 is 2.00 bits per heavy atom. The van der Waals surface area contributed by atoms with Crippen LogP contribution in [-0.2, 0) is 6.54 Å². The van der Waals surface area contributed by atoms with Crippen LogP contribution in [0.1, 0.15) is 56.2 Å². The minimum Gasteiger partial charge on any atom is -0.398 e. The van der Waals surface area contributed by atoms with Gasteiger partial charge in [-0.05, 0) is 38.3 Å². The third-order valence-corrected chi connectivity index (χ3v) is 5.69. The van der Waals surface area contributed by atoms with Gasteiger partial charge in [0.1, 0.15) is 0 Å². The number of fused-ring (bicyclic) bond motifs is 1. The lowest BCUT2D eigenvalue weighted by atomic mass is 9.95. The van der Waals surface area contributed by atoms with Crippen molar-refractivity contribution in [1.82, 2.24) is 19.5 Å². The molecule has 30 heavy (non-hydrogen) atoms. The summed E-state index contributed by atoms with van der Waals surface area (Å²) in [6.45, 7) is 4.71. The van der Waals surface area contributed by atoms with Gasteiger partial charge in [-0.3, -0.25) is 0 Å². The number of anilines is 3. The third kappa shape index (κ3) is 4.48. The zero-order valence-electron chi connectivity index (χ0n) is 17.7. The number of aliphatic hydroxyl groups is 1. The number of aromatic nitrogens is 4. The summed E-state index contributed by atoms with van der Waals surface area (Å²) in [4.78, 5) is 14.0. The summed E-state index contributed by atoms with van der Waals surface area (Å²) in [6, 6.07) is 6.43. The molecule has 160 valence electrons. The van der Waals surface area contributed by atoms with E-state index in [0.29, 0.717) is 30.9 Å². The van der Waals surface area contributed by atoms with Crippen molar-refractivity contribution in [3.05, 3.63) is 35.7 Å². The van der Waals surface area contributed by atoms with Crippen molar-refractivity contribution in [2.75, 3.05) is 22.9 Å². The molecule has 0 amide bonds. The van der Waals surface area contributed by atoms with E-state index in [2.05, 4.69) is 38.2 Å². The Balaban J connectivity index is 1.67. The fourth-order valence-corrected chi connectivity index (χ4v) is 4.05. The number of aliphatic hydroxyl groups excluding tert-OH is 1. The van der Waals surface area contributed by atoms with E-state index in [1.807, 2.05) is 18.5 Å². The minimum absolute atomic E-state index is 0.382. The van der Waals surface area contributed by atoms with Crippen LogP contribution in [0.4, 0.5) is 17.5 Å². The van der Waals surface area contributed by atoms with Crippen molar-refractivity contribution >= 4 is 28.6 Å². The smallest absolute Gasteiger partial charge is 0.226 e. The largest absolute Gasteiger partial charge is 0.398 e. The summed E-state index contributed by atoms with van der Waals surface area (Å²) >= 11 is 0. The monoisotopic (exact) mass is 409 g/mol. The maximum absolute atomic E-state index is 9.66. The van der Waals surface area contributed by atoms with Crippen molar-refractivity contribution in [2.45, 2.75) is 64.6 Å². The number of hydrogen-bond acceptors (Lipinski definition) is 7. The lowest BCUT2D eigenvalue weighted by molar-refractivity contribution is 0.208. The highest BCUT2D eigenvalue weighted by Gasteiger charge is 2.21. The predicted octanol–water partition coefficient (Wildman–Crippen LogP) is 3.63. The van der Waals surface area contributed by atoms with Gasteiger partial charge < -0.3 is 26.0 Å². The van der Waals surface area contributed by atoms with Crippen molar-refractivity contribution < 1.29 is 5.11 Å². The Labute approximate surface area is 176 Å². The molecule has 5 N–H and O–H groups in total. The van der Waals surface area contributed by atoms with Gasteiger partial charge in [-0.15, -0.1) is 0 Å². The molecule has 0 spiro atoms. The fraction of sp³-hybridized carbons (Fsp3) is 0.500. The van der Waals surface area contributed by atoms with Crippen LogP contribution < -0.4 is 16.4 Å². The van der Waals surface area contributed by atoms with Crippen LogP contribution in [0, 0.1) is 6.92 Å². The zero-order valence-corrected chi connectivity index (χ0v) is 17.7. The standard InChI is InChI=1S/C22H31N7O/c1-14-8-9-18(23)16(10-14)12-24-20-19-21(28-22(27-20)25-11-15(2)30)29(13-26-19)17-6-4-3-5-7-17/h8-10,13,15,17,30H,3-7,11-12,23H2,1-2H3,(H2,24,25,27,28). The molecule has 3 aromatic rings. The summed E-state index contributed by atoms with van der Waals surface area (Å²) in [6.07, 6.45) is 7.46. The molecule has 1 fully saturated rings. The first kappa shape index (κ1) is 20.4. The highest BCUT2D eigenvalue weighted by Crippen LogP contribution is 2.32. The molecule has 8 nitrogen and oxygen atoms in total. The van der Waals surface area contributed by atoms with Crippen LogP contribution in [0.25, 0.3) is 11.2 Å². The maximum Gasteiger partial charge on any atom is 0.226 e. The van der Waals surface area contributed by atoms with Gasteiger partial charge in [0.2, 0.25) is 5.95 Å². The average molecular weight is 410 g/mol. The zero-order chi connectivity index (χ0) is 21.1. The normalized spacial score (nSPS) is 16.0. The topological polar surface area (TPSA) is 114 Å². The van der Waals surface area contributed by atoms with Crippen LogP contribution in [-0.4, -0.2) is 37.3 Å². The van der Waals surface area contributed by atoms with E-state index in [0.717, 1.165) is 40.8 Å². The Hall–Kier alpha value is -2.87.